The Morgan fingerprint density at radius 2 is 0.658 bits per heavy atom. The SMILES string of the molecule is Nc1nc(N)nc(-c2c3oc4ccccc4oc3c(-c3nc(N)nc(N)n3)c3oc4ccccc4oc23)n1. The summed E-state index contributed by atoms with van der Waals surface area (Å²) in [7, 11) is 0. The Morgan fingerprint density at radius 1 is 0.395 bits per heavy atom. The number of hydrogen-bond acceptors (Lipinski definition) is 14. The zero-order chi connectivity index (χ0) is 26.0. The van der Waals surface area contributed by atoms with Crippen LogP contribution in [0.4, 0.5) is 23.8 Å². The lowest BCUT2D eigenvalue weighted by Gasteiger charge is -2.14. The predicted octanol–water partition coefficient (Wildman–Crippen LogP) is 3.83. The monoisotopic (exact) mass is 508 g/mol. The molecule has 0 aliphatic heterocycles. The maximum absolute atomic E-state index is 6.34. The molecule has 0 fully saturated rings. The molecular formula is C24H16N10O4. The lowest BCUT2D eigenvalue weighted by molar-refractivity contribution is 0.566. The Hall–Kier alpha value is -5.92. The minimum absolute atomic E-state index is 0.0645. The summed E-state index contributed by atoms with van der Waals surface area (Å²) in [5.74, 6) is -0.292. The summed E-state index contributed by atoms with van der Waals surface area (Å²) < 4.78 is 25.4. The molecule has 0 aliphatic rings. The van der Waals surface area contributed by atoms with Gasteiger partial charge in [-0.25, -0.2) is 0 Å². The minimum atomic E-state index is -0.105. The van der Waals surface area contributed by atoms with E-state index < -0.39 is 0 Å². The molecule has 0 bridgehead atoms. The molecule has 0 saturated carbocycles. The molecular weight excluding hydrogens is 492 g/mol. The van der Waals surface area contributed by atoms with Crippen molar-refractivity contribution in [3.63, 3.8) is 0 Å². The van der Waals surface area contributed by atoms with Crippen molar-refractivity contribution >= 4 is 68.5 Å². The van der Waals surface area contributed by atoms with Crippen molar-refractivity contribution in [3.8, 4) is 22.8 Å². The zero-order valence-electron chi connectivity index (χ0n) is 19.2. The number of rotatable bonds is 2. The summed E-state index contributed by atoms with van der Waals surface area (Å²) in [6.45, 7) is 0. The highest BCUT2D eigenvalue weighted by molar-refractivity contribution is 6.13. The number of hydrogen-bond donors (Lipinski definition) is 4. The molecule has 0 amide bonds. The minimum Gasteiger partial charge on any atom is -0.449 e. The van der Waals surface area contributed by atoms with Crippen LogP contribution in [0.2, 0.25) is 0 Å². The van der Waals surface area contributed by atoms with Gasteiger partial charge in [-0.1, -0.05) is 24.3 Å². The topological polar surface area (TPSA) is 234 Å². The molecule has 14 heteroatoms. The van der Waals surface area contributed by atoms with Gasteiger partial charge >= 0.3 is 0 Å². The number of nitrogen functional groups attached to an aromatic ring is 4. The first-order valence-corrected chi connectivity index (χ1v) is 11.1. The van der Waals surface area contributed by atoms with E-state index >= 15 is 0 Å². The first kappa shape index (κ1) is 21.4. The molecule has 0 saturated heterocycles. The van der Waals surface area contributed by atoms with Gasteiger partial charge in [0.05, 0.1) is 0 Å². The molecule has 0 unspecified atom stereocenters. The Morgan fingerprint density at radius 3 is 0.921 bits per heavy atom. The van der Waals surface area contributed by atoms with E-state index in [-0.39, 0.29) is 68.9 Å². The van der Waals surface area contributed by atoms with Gasteiger partial charge < -0.3 is 40.6 Å². The predicted molar refractivity (Wildman–Crippen MR) is 138 cm³/mol. The van der Waals surface area contributed by atoms with Crippen molar-refractivity contribution in [2.45, 2.75) is 0 Å². The Kier molecular flexibility index (Phi) is 4.38. The van der Waals surface area contributed by atoms with Gasteiger partial charge in [0.15, 0.2) is 56.3 Å². The summed E-state index contributed by atoms with van der Waals surface area (Å²) in [4.78, 5) is 24.9. The molecule has 38 heavy (non-hydrogen) atoms. The number of aromatic nitrogens is 6. The number of nitrogens with zero attached hydrogens (tertiary/aromatic N) is 6. The summed E-state index contributed by atoms with van der Waals surface area (Å²) in [6, 6.07) is 14.2. The Balaban J connectivity index is 1.78. The van der Waals surface area contributed by atoms with E-state index in [0.717, 1.165) is 0 Å². The van der Waals surface area contributed by atoms with Crippen molar-refractivity contribution in [3.05, 3.63) is 48.5 Å². The highest BCUT2D eigenvalue weighted by Gasteiger charge is 2.29. The van der Waals surface area contributed by atoms with Crippen molar-refractivity contribution < 1.29 is 17.7 Å². The van der Waals surface area contributed by atoms with Crippen molar-refractivity contribution in [2.24, 2.45) is 0 Å². The summed E-state index contributed by atoms with van der Waals surface area (Å²) in [5.41, 5.74) is 26.5. The maximum Gasteiger partial charge on any atom is 0.225 e. The van der Waals surface area contributed by atoms with Crippen LogP contribution in [0.25, 0.3) is 67.4 Å². The van der Waals surface area contributed by atoms with Gasteiger partial charge in [0.2, 0.25) is 23.8 Å². The van der Waals surface area contributed by atoms with Crippen LogP contribution in [-0.2, 0) is 0 Å². The average molecular weight is 508 g/mol. The van der Waals surface area contributed by atoms with Crippen LogP contribution in [0.5, 0.6) is 0 Å². The summed E-state index contributed by atoms with van der Waals surface area (Å²) >= 11 is 0. The first-order chi connectivity index (χ1) is 18.4. The molecule has 0 atom stereocenters. The van der Waals surface area contributed by atoms with Crippen LogP contribution in [-0.4, -0.2) is 29.9 Å². The molecule has 8 N–H and O–H groups in total. The highest BCUT2D eigenvalue weighted by Crippen LogP contribution is 2.44. The molecule has 4 aromatic heterocycles. The fourth-order valence-corrected chi connectivity index (χ4v) is 4.18. The molecule has 4 heterocycles. The second kappa shape index (κ2) is 7.79. The standard InChI is InChI=1S/C24H16N10O4/c25-21-29-19(30-22(26)33-21)13-15-16(36-10-6-2-1-5-9(10)35-15)14(20-31-23(27)34-24(28)32-20)18-17(13)37-11-7-3-4-8-12(11)38-18/h1-8H,(H4,25,26,29,30,33)(H4,27,28,31,32,34). The quantitative estimate of drug-likeness (QED) is 0.243. The van der Waals surface area contributed by atoms with Gasteiger partial charge in [0.25, 0.3) is 0 Å². The third-order valence-electron chi connectivity index (χ3n) is 5.65. The second-order valence-corrected chi connectivity index (χ2v) is 8.12. The van der Waals surface area contributed by atoms with Crippen LogP contribution in [0, 0.1) is 0 Å². The van der Waals surface area contributed by atoms with E-state index in [1.165, 1.54) is 0 Å². The van der Waals surface area contributed by atoms with Crippen LogP contribution in [0.1, 0.15) is 0 Å². The molecule has 7 aromatic rings. The van der Waals surface area contributed by atoms with Gasteiger partial charge in [-0.2, -0.15) is 29.9 Å². The fraction of sp³-hybridized carbons (Fsp3) is 0. The molecule has 14 nitrogen and oxygen atoms in total. The van der Waals surface area contributed by atoms with E-state index in [9.17, 15) is 0 Å². The lowest BCUT2D eigenvalue weighted by Crippen LogP contribution is -2.06. The maximum atomic E-state index is 6.34. The summed E-state index contributed by atoms with van der Waals surface area (Å²) in [6.07, 6.45) is 0. The van der Waals surface area contributed by atoms with Gasteiger partial charge in [-0.05, 0) is 24.3 Å². The number of fused-ring (bicyclic) bond motifs is 4. The van der Waals surface area contributed by atoms with E-state index in [0.29, 0.717) is 22.3 Å². The first-order valence-electron chi connectivity index (χ1n) is 11.1. The molecule has 0 aliphatic carbocycles. The van der Waals surface area contributed by atoms with Crippen LogP contribution < -0.4 is 22.9 Å². The van der Waals surface area contributed by atoms with E-state index in [4.69, 9.17) is 40.6 Å². The Labute approximate surface area is 210 Å². The number of nitrogens with two attached hydrogens (primary N) is 4. The lowest BCUT2D eigenvalue weighted by atomic mass is 10.1. The third kappa shape index (κ3) is 3.28. The van der Waals surface area contributed by atoms with Crippen LogP contribution >= 0.6 is 0 Å². The Bertz CT molecular complexity index is 1820. The second-order valence-electron chi connectivity index (χ2n) is 8.12. The van der Waals surface area contributed by atoms with E-state index in [1.54, 1.807) is 48.5 Å². The highest BCUT2D eigenvalue weighted by atomic mass is 16.4. The molecule has 3 aromatic carbocycles. The average Bonchev–Trinajstić information content (AvgIpc) is 2.88. The smallest absolute Gasteiger partial charge is 0.225 e. The van der Waals surface area contributed by atoms with Crippen LogP contribution in [0.3, 0.4) is 0 Å². The van der Waals surface area contributed by atoms with Gasteiger partial charge in [-0.3, -0.25) is 0 Å². The van der Waals surface area contributed by atoms with Gasteiger partial charge in [0, 0.05) is 0 Å². The van der Waals surface area contributed by atoms with Gasteiger partial charge in [0.1, 0.15) is 11.1 Å². The van der Waals surface area contributed by atoms with E-state index in [1.807, 2.05) is 0 Å². The normalized spacial score (nSPS) is 11.6. The number of benzene rings is 3. The molecule has 7 rings (SSSR count). The summed E-state index contributed by atoms with van der Waals surface area (Å²) in [5, 5.41) is 0. The molecule has 186 valence electrons. The van der Waals surface area contributed by atoms with Crippen molar-refractivity contribution in [2.75, 3.05) is 22.9 Å². The third-order valence-corrected chi connectivity index (χ3v) is 5.65. The fourth-order valence-electron chi connectivity index (χ4n) is 4.18. The van der Waals surface area contributed by atoms with Crippen LogP contribution in [0.15, 0.2) is 66.2 Å². The zero-order valence-corrected chi connectivity index (χ0v) is 19.2. The molecule has 0 spiro atoms. The molecule has 0 radical (unpaired) electrons. The largest absolute Gasteiger partial charge is 0.449 e. The number of para-hydroxylation sites is 4. The number of anilines is 4. The van der Waals surface area contributed by atoms with Crippen molar-refractivity contribution in [1.29, 1.82) is 0 Å². The van der Waals surface area contributed by atoms with E-state index in [2.05, 4.69) is 29.9 Å². The van der Waals surface area contributed by atoms with Crippen molar-refractivity contribution in [1.82, 2.24) is 29.9 Å². The van der Waals surface area contributed by atoms with Gasteiger partial charge in [-0.15, -0.1) is 0 Å².